The quantitative estimate of drug-likeness (QED) is 0.161. The van der Waals surface area contributed by atoms with Crippen molar-refractivity contribution in [3.05, 3.63) is 259 Å². The van der Waals surface area contributed by atoms with Gasteiger partial charge in [0.15, 0.2) is 0 Å². The molecule has 1 aliphatic carbocycles. The molecule has 0 N–H and O–H groups in total. The van der Waals surface area contributed by atoms with Crippen LogP contribution in [0.2, 0.25) is 0 Å². The van der Waals surface area contributed by atoms with Gasteiger partial charge in [-0.05, 0) is 131 Å². The maximum atomic E-state index is 6.62. The van der Waals surface area contributed by atoms with Crippen molar-refractivity contribution in [2.75, 3.05) is 4.90 Å². The summed E-state index contributed by atoms with van der Waals surface area (Å²) in [5.74, 6) is 1.80. The average molecular weight is 802 g/mol. The van der Waals surface area contributed by atoms with E-state index < -0.39 is 5.41 Å². The van der Waals surface area contributed by atoms with Gasteiger partial charge >= 0.3 is 0 Å². The number of benzene rings is 11. The first-order valence-electron chi connectivity index (χ1n) is 21.8. The molecule has 0 fully saturated rings. The van der Waals surface area contributed by atoms with Gasteiger partial charge in [-0.2, -0.15) is 0 Å². The fraction of sp³-hybridized carbons (Fsp3) is 0.0164. The summed E-state index contributed by atoms with van der Waals surface area (Å²) in [6, 6.07) is 86.4. The summed E-state index contributed by atoms with van der Waals surface area (Å²) in [6.45, 7) is 0. The summed E-state index contributed by atoms with van der Waals surface area (Å²) in [6.07, 6.45) is 0. The maximum absolute atomic E-state index is 6.62. The fourth-order valence-corrected chi connectivity index (χ4v) is 10.9. The van der Waals surface area contributed by atoms with Gasteiger partial charge in [0.2, 0.25) is 0 Å². The van der Waals surface area contributed by atoms with Crippen LogP contribution in [0.15, 0.2) is 237 Å². The Kier molecular flexibility index (Phi) is 7.85. The lowest BCUT2D eigenvalue weighted by Crippen LogP contribution is -2.32. The van der Waals surface area contributed by atoms with Gasteiger partial charge in [-0.15, -0.1) is 0 Å². The number of anilines is 3. The van der Waals surface area contributed by atoms with Gasteiger partial charge in [0, 0.05) is 28.2 Å². The van der Waals surface area contributed by atoms with E-state index in [4.69, 9.17) is 4.74 Å². The fourth-order valence-electron chi connectivity index (χ4n) is 10.9. The van der Waals surface area contributed by atoms with Crippen molar-refractivity contribution in [2.45, 2.75) is 5.41 Å². The SMILES string of the molecule is c1ccc(N(c2cccc(-c3ccc4c5ccccc5c5ccccc5c4c3)c2)c2cccc(-c3cccc4c3-c3ccccc3C43c4ccccc4Oc4ccccc43)c2)cc1. The summed E-state index contributed by atoms with van der Waals surface area (Å²) in [5, 5.41) is 7.68. The van der Waals surface area contributed by atoms with E-state index in [9.17, 15) is 0 Å². The van der Waals surface area contributed by atoms with Gasteiger partial charge in [-0.3, -0.25) is 0 Å². The standard InChI is InChI=1S/C61H39NO/c1-2-19-43(20-3-1)62(44-21-14-17-40(37-44)41-35-36-51-49-25-5-4-23-47(49)48-24-6-7-26-50(48)53(51)39-41)45-22-15-18-42(38-45)46-28-16-32-57-60(46)52-27-8-9-29-54(52)61(57)55-30-10-12-33-58(55)63-59-34-13-11-31-56(59)61/h1-39H. The van der Waals surface area contributed by atoms with Crippen LogP contribution in [0.1, 0.15) is 22.3 Å². The molecule has 0 amide bonds. The first-order valence-corrected chi connectivity index (χ1v) is 21.8. The number of fused-ring (bicyclic) bond motifs is 15. The molecular formula is C61H39NO. The van der Waals surface area contributed by atoms with Crippen LogP contribution in [-0.4, -0.2) is 0 Å². The molecule has 0 radical (unpaired) electrons. The third kappa shape index (κ3) is 5.25. The van der Waals surface area contributed by atoms with Crippen molar-refractivity contribution in [2.24, 2.45) is 0 Å². The summed E-state index contributed by atoms with van der Waals surface area (Å²) in [5.41, 5.74) is 14.9. The van der Waals surface area contributed by atoms with E-state index in [0.717, 1.165) is 34.1 Å². The molecule has 1 aliphatic heterocycles. The molecular weight excluding hydrogens is 763 g/mol. The van der Waals surface area contributed by atoms with Crippen molar-refractivity contribution >= 4 is 49.4 Å². The van der Waals surface area contributed by atoms with Crippen LogP contribution < -0.4 is 9.64 Å². The molecule has 0 saturated carbocycles. The second kappa shape index (κ2) is 13.9. The van der Waals surface area contributed by atoms with Crippen molar-refractivity contribution < 1.29 is 4.74 Å². The van der Waals surface area contributed by atoms with Crippen LogP contribution in [0.4, 0.5) is 17.1 Å². The Morgan fingerprint density at radius 3 is 1.43 bits per heavy atom. The summed E-state index contributed by atoms with van der Waals surface area (Å²) in [7, 11) is 0. The second-order valence-electron chi connectivity index (χ2n) is 16.7. The Bertz CT molecular complexity index is 3540. The second-order valence-corrected chi connectivity index (χ2v) is 16.7. The zero-order chi connectivity index (χ0) is 41.5. The third-order valence-electron chi connectivity index (χ3n) is 13.5. The van der Waals surface area contributed by atoms with Crippen molar-refractivity contribution in [1.82, 2.24) is 0 Å². The molecule has 2 heteroatoms. The van der Waals surface area contributed by atoms with Gasteiger partial charge in [0.25, 0.3) is 0 Å². The molecule has 1 spiro atoms. The molecule has 0 bridgehead atoms. The van der Waals surface area contributed by atoms with E-state index in [-0.39, 0.29) is 0 Å². The van der Waals surface area contributed by atoms with Gasteiger partial charge < -0.3 is 9.64 Å². The van der Waals surface area contributed by atoms with Crippen molar-refractivity contribution in [3.63, 3.8) is 0 Å². The smallest absolute Gasteiger partial charge is 0.132 e. The maximum Gasteiger partial charge on any atom is 0.132 e. The van der Waals surface area contributed by atoms with Gasteiger partial charge in [0.1, 0.15) is 11.5 Å². The highest BCUT2D eigenvalue weighted by Gasteiger charge is 2.51. The Hall–Kier alpha value is -8.20. The summed E-state index contributed by atoms with van der Waals surface area (Å²) >= 11 is 0. The predicted octanol–water partition coefficient (Wildman–Crippen LogP) is 16.4. The highest BCUT2D eigenvalue weighted by atomic mass is 16.5. The monoisotopic (exact) mass is 801 g/mol. The van der Waals surface area contributed by atoms with E-state index in [1.165, 1.54) is 82.4 Å². The lowest BCUT2D eigenvalue weighted by molar-refractivity contribution is 0.436. The molecule has 11 aromatic rings. The van der Waals surface area contributed by atoms with Gasteiger partial charge in [-0.1, -0.05) is 182 Å². The molecule has 13 rings (SSSR count). The highest BCUT2D eigenvalue weighted by Crippen LogP contribution is 2.63. The molecule has 0 aromatic heterocycles. The minimum Gasteiger partial charge on any atom is -0.457 e. The van der Waals surface area contributed by atoms with Crippen molar-refractivity contribution in [3.8, 4) is 44.9 Å². The summed E-state index contributed by atoms with van der Waals surface area (Å²) < 4.78 is 6.62. The molecule has 2 aliphatic rings. The van der Waals surface area contributed by atoms with Crippen LogP contribution in [-0.2, 0) is 5.41 Å². The van der Waals surface area contributed by atoms with Gasteiger partial charge in [0.05, 0.1) is 5.41 Å². The molecule has 0 saturated heterocycles. The molecule has 1 heterocycles. The first kappa shape index (κ1) is 35.5. The molecule has 0 atom stereocenters. The third-order valence-corrected chi connectivity index (χ3v) is 13.5. The number of para-hydroxylation sites is 3. The topological polar surface area (TPSA) is 12.5 Å². The van der Waals surface area contributed by atoms with Crippen LogP contribution >= 0.6 is 0 Å². The van der Waals surface area contributed by atoms with Crippen LogP contribution in [0, 0.1) is 0 Å². The highest BCUT2D eigenvalue weighted by molar-refractivity contribution is 6.25. The Morgan fingerprint density at radius 1 is 0.286 bits per heavy atom. The van der Waals surface area contributed by atoms with Crippen molar-refractivity contribution in [1.29, 1.82) is 0 Å². The Morgan fingerprint density at radius 2 is 0.746 bits per heavy atom. The van der Waals surface area contributed by atoms with E-state index in [2.05, 4.69) is 241 Å². The Labute approximate surface area is 366 Å². The number of ether oxygens (including phenoxy) is 1. The number of hydrogen-bond acceptors (Lipinski definition) is 2. The zero-order valence-electron chi connectivity index (χ0n) is 34.4. The lowest BCUT2D eigenvalue weighted by atomic mass is 9.66. The van der Waals surface area contributed by atoms with E-state index >= 15 is 0 Å². The Balaban J connectivity index is 0.972. The lowest BCUT2D eigenvalue weighted by Gasteiger charge is -2.39. The minimum atomic E-state index is -0.524. The molecule has 0 unspecified atom stereocenters. The van der Waals surface area contributed by atoms with E-state index in [1.807, 2.05) is 0 Å². The van der Waals surface area contributed by atoms with Crippen LogP contribution in [0.3, 0.4) is 0 Å². The molecule has 11 aromatic carbocycles. The number of nitrogens with zero attached hydrogens (tertiary/aromatic N) is 1. The normalized spacial score (nSPS) is 13.0. The molecule has 2 nitrogen and oxygen atoms in total. The van der Waals surface area contributed by atoms with Crippen LogP contribution in [0.5, 0.6) is 11.5 Å². The molecule has 63 heavy (non-hydrogen) atoms. The molecule has 294 valence electrons. The van der Waals surface area contributed by atoms with E-state index in [1.54, 1.807) is 0 Å². The largest absolute Gasteiger partial charge is 0.457 e. The predicted molar refractivity (Wildman–Crippen MR) is 262 cm³/mol. The number of rotatable bonds is 5. The summed E-state index contributed by atoms with van der Waals surface area (Å²) in [4.78, 5) is 2.39. The van der Waals surface area contributed by atoms with Gasteiger partial charge in [-0.25, -0.2) is 0 Å². The van der Waals surface area contributed by atoms with E-state index in [0.29, 0.717) is 0 Å². The average Bonchev–Trinajstić information content (AvgIpc) is 3.65. The number of hydrogen-bond donors (Lipinski definition) is 0. The zero-order valence-corrected chi connectivity index (χ0v) is 34.4. The van der Waals surface area contributed by atoms with Crippen LogP contribution in [0.25, 0.3) is 65.7 Å². The first-order chi connectivity index (χ1) is 31.3. The minimum absolute atomic E-state index is 0.524.